The van der Waals surface area contributed by atoms with Gasteiger partial charge in [-0.25, -0.2) is 19.9 Å². The van der Waals surface area contributed by atoms with E-state index in [1.54, 1.807) is 0 Å². The predicted octanol–water partition coefficient (Wildman–Crippen LogP) is 21.1. The van der Waals surface area contributed by atoms with Crippen molar-refractivity contribution in [2.75, 3.05) is 0 Å². The highest BCUT2D eigenvalue weighted by atomic mass is 15.2. The molecule has 0 saturated carbocycles. The summed E-state index contributed by atoms with van der Waals surface area (Å²) in [6.07, 6.45) is 0. The fraction of sp³-hybridized carbons (Fsp3) is 0.0455. The molecule has 1 unspecified atom stereocenters. The summed E-state index contributed by atoms with van der Waals surface area (Å²) in [7, 11) is 0. The lowest BCUT2D eigenvalue weighted by Gasteiger charge is -2.30. The summed E-state index contributed by atoms with van der Waals surface area (Å²) < 4.78 is 2.31. The van der Waals surface area contributed by atoms with Gasteiger partial charge in [-0.3, -0.25) is 4.57 Å². The Hall–Kier alpha value is -12.3. The summed E-state index contributed by atoms with van der Waals surface area (Å²) in [6.45, 7) is 4.71. The molecule has 0 amide bonds. The average molecular weight is 1210 g/mol. The van der Waals surface area contributed by atoms with Crippen molar-refractivity contribution in [1.29, 1.82) is 0 Å². The molecule has 1 spiro atoms. The molecule has 13 aromatic carbocycles. The van der Waals surface area contributed by atoms with Crippen LogP contribution in [0.25, 0.3) is 151 Å². The fourth-order valence-electron chi connectivity index (χ4n) is 15.8. The molecule has 0 saturated heterocycles. The van der Waals surface area contributed by atoms with Gasteiger partial charge in [-0.15, -0.1) is 0 Å². The lowest BCUT2D eigenvalue weighted by atomic mass is 9.70. The SMILES string of the molecule is CC1(C)c2ccc(-c3cccc4c3-c3ccccc3C43c4ccccc4-c4c3ccc3c5ccccc5n(-c5nc(-c6ccccc6)nc(-c6ccccc6)n5)c43)cc2-c2ccc(-c3nc(-c4cccc(-c5ccccc5)c4)nc(-c4cccc(-c5ccccc5)c4)n3)cc21. The highest BCUT2D eigenvalue weighted by Crippen LogP contribution is 2.66. The molecule has 7 nitrogen and oxygen atoms in total. The second kappa shape index (κ2) is 21.1. The number of benzene rings is 13. The van der Waals surface area contributed by atoms with Crippen LogP contribution in [0.4, 0.5) is 0 Å². The summed E-state index contributed by atoms with van der Waals surface area (Å²) >= 11 is 0. The van der Waals surface area contributed by atoms with Crippen LogP contribution in [-0.2, 0) is 10.8 Å². The molecule has 3 aromatic heterocycles. The molecule has 0 aliphatic heterocycles. The molecule has 7 heteroatoms. The molecule has 1 atom stereocenters. The summed E-state index contributed by atoms with van der Waals surface area (Å²) in [5.74, 6) is 3.67. The van der Waals surface area contributed by atoms with E-state index in [0.717, 1.165) is 71.9 Å². The highest BCUT2D eigenvalue weighted by molar-refractivity contribution is 6.17. The van der Waals surface area contributed by atoms with E-state index in [9.17, 15) is 0 Å². The average Bonchev–Trinajstić information content (AvgIpc) is 1.50. The number of fused-ring (bicyclic) bond motifs is 17. The smallest absolute Gasteiger partial charge is 0.238 e. The van der Waals surface area contributed by atoms with Gasteiger partial charge in [0.15, 0.2) is 29.1 Å². The summed E-state index contributed by atoms with van der Waals surface area (Å²) in [6, 6.07) is 111. The maximum Gasteiger partial charge on any atom is 0.238 e. The topological polar surface area (TPSA) is 82.3 Å². The molecule has 0 radical (unpaired) electrons. The first kappa shape index (κ1) is 54.4. The van der Waals surface area contributed by atoms with Crippen LogP contribution < -0.4 is 0 Å². The van der Waals surface area contributed by atoms with Crippen molar-refractivity contribution in [2.24, 2.45) is 0 Å². The van der Waals surface area contributed by atoms with E-state index in [-0.39, 0.29) is 5.41 Å². The first-order valence-corrected chi connectivity index (χ1v) is 32.5. The molecule has 444 valence electrons. The van der Waals surface area contributed by atoms with Crippen molar-refractivity contribution in [3.63, 3.8) is 0 Å². The zero-order valence-corrected chi connectivity index (χ0v) is 52.1. The van der Waals surface area contributed by atoms with E-state index in [1.165, 1.54) is 77.9 Å². The Balaban J connectivity index is 0.761. The van der Waals surface area contributed by atoms with Crippen LogP contribution in [0.5, 0.6) is 0 Å². The van der Waals surface area contributed by atoms with Crippen LogP contribution in [0.3, 0.4) is 0 Å². The Kier molecular flexibility index (Phi) is 12.1. The quantitative estimate of drug-likeness (QED) is 0.143. The second-order valence-corrected chi connectivity index (χ2v) is 25.7. The molecule has 16 aromatic rings. The maximum atomic E-state index is 5.41. The zero-order valence-electron chi connectivity index (χ0n) is 52.1. The number of aromatic nitrogens is 7. The van der Waals surface area contributed by atoms with E-state index >= 15 is 0 Å². The van der Waals surface area contributed by atoms with Crippen molar-refractivity contribution in [3.8, 4) is 130 Å². The minimum atomic E-state index is -0.654. The number of para-hydroxylation sites is 1. The summed E-state index contributed by atoms with van der Waals surface area (Å²) in [5, 5.41) is 2.27. The van der Waals surface area contributed by atoms with Gasteiger partial charge in [-0.1, -0.05) is 293 Å². The van der Waals surface area contributed by atoms with Crippen LogP contribution in [-0.4, -0.2) is 34.5 Å². The van der Waals surface area contributed by atoms with Crippen LogP contribution in [0, 0.1) is 0 Å². The molecule has 3 aliphatic rings. The maximum absolute atomic E-state index is 5.41. The summed E-state index contributed by atoms with van der Waals surface area (Å²) in [4.78, 5) is 31.9. The van der Waals surface area contributed by atoms with Crippen LogP contribution >= 0.6 is 0 Å². The normalized spacial score (nSPS) is 14.3. The van der Waals surface area contributed by atoms with E-state index < -0.39 is 5.41 Å². The van der Waals surface area contributed by atoms with Gasteiger partial charge in [-0.05, 0) is 125 Å². The van der Waals surface area contributed by atoms with Gasteiger partial charge in [0.05, 0.1) is 16.4 Å². The Bertz CT molecular complexity index is 5660. The zero-order chi connectivity index (χ0) is 62.9. The lowest BCUT2D eigenvalue weighted by molar-refractivity contribution is 0.660. The van der Waals surface area contributed by atoms with Gasteiger partial charge >= 0.3 is 0 Å². The highest BCUT2D eigenvalue weighted by Gasteiger charge is 2.53. The third-order valence-electron chi connectivity index (χ3n) is 20.1. The third kappa shape index (κ3) is 8.32. The Morgan fingerprint density at radius 2 is 0.674 bits per heavy atom. The first-order valence-electron chi connectivity index (χ1n) is 32.5. The minimum Gasteiger partial charge on any atom is -0.277 e. The van der Waals surface area contributed by atoms with E-state index in [0.29, 0.717) is 35.1 Å². The molecule has 0 fully saturated rings. The van der Waals surface area contributed by atoms with Crippen molar-refractivity contribution >= 4 is 21.8 Å². The first-order chi connectivity index (χ1) is 46.8. The van der Waals surface area contributed by atoms with Crippen molar-refractivity contribution in [1.82, 2.24) is 34.5 Å². The molecule has 3 heterocycles. The van der Waals surface area contributed by atoms with Gasteiger partial charge in [0.1, 0.15) is 0 Å². The van der Waals surface area contributed by atoms with Gasteiger partial charge in [0.2, 0.25) is 5.95 Å². The molecule has 95 heavy (non-hydrogen) atoms. The lowest BCUT2D eigenvalue weighted by Crippen LogP contribution is -2.25. The molecule has 0 N–H and O–H groups in total. The molecule has 0 bridgehead atoms. The molecule has 19 rings (SSSR count). The Morgan fingerprint density at radius 1 is 0.242 bits per heavy atom. The monoisotopic (exact) mass is 1210 g/mol. The predicted molar refractivity (Wildman–Crippen MR) is 385 cm³/mol. The minimum absolute atomic E-state index is 0.334. The van der Waals surface area contributed by atoms with Crippen LogP contribution in [0.1, 0.15) is 47.2 Å². The second-order valence-electron chi connectivity index (χ2n) is 25.7. The summed E-state index contributed by atoms with van der Waals surface area (Å²) in [5.41, 5.74) is 27.4. The standard InChI is InChI=1S/C88H57N7/c1-87(2)71-48-45-60(52-70(71)65-46-44-63(53-76(65)87)85-91-83(61-34-21-32-58(50-61)54-24-7-3-8-25-54)90-84(92-85)62-35-22-33-59(51-62)55-26-9-4-10-27-55)64-39-23-42-74-78(64)68-37-15-18-40-72(68)88(74)73-41-19-16-38-69(73)79-75(88)49-47-67-66-36-17-20-43-77(66)95(80(67)79)86-93-81(56-28-11-5-12-29-56)89-82(94-86)57-30-13-6-14-31-57/h3-53H,1-2H3. The molecule has 3 aliphatic carbocycles. The van der Waals surface area contributed by atoms with Gasteiger partial charge in [0.25, 0.3) is 0 Å². The van der Waals surface area contributed by atoms with Gasteiger partial charge in [0, 0.05) is 49.6 Å². The van der Waals surface area contributed by atoms with Gasteiger partial charge in [-0.2, -0.15) is 9.97 Å². The van der Waals surface area contributed by atoms with E-state index in [4.69, 9.17) is 29.9 Å². The van der Waals surface area contributed by atoms with E-state index in [1.807, 2.05) is 48.5 Å². The van der Waals surface area contributed by atoms with Crippen LogP contribution in [0.15, 0.2) is 309 Å². The van der Waals surface area contributed by atoms with Crippen molar-refractivity contribution in [3.05, 3.63) is 343 Å². The number of hydrogen-bond donors (Lipinski definition) is 0. The number of nitrogens with zero attached hydrogens (tertiary/aromatic N) is 7. The Morgan fingerprint density at radius 3 is 1.27 bits per heavy atom. The van der Waals surface area contributed by atoms with Crippen LogP contribution in [0.2, 0.25) is 0 Å². The van der Waals surface area contributed by atoms with Crippen molar-refractivity contribution < 1.29 is 0 Å². The number of hydrogen-bond acceptors (Lipinski definition) is 6. The molecular weight excluding hydrogens is 1160 g/mol. The molecular formula is C88H57N7. The van der Waals surface area contributed by atoms with Crippen molar-refractivity contribution in [2.45, 2.75) is 24.7 Å². The third-order valence-corrected chi connectivity index (χ3v) is 20.1. The van der Waals surface area contributed by atoms with Gasteiger partial charge < -0.3 is 0 Å². The number of rotatable bonds is 9. The largest absolute Gasteiger partial charge is 0.277 e. The Labute approximate surface area is 550 Å². The van der Waals surface area contributed by atoms with E-state index in [2.05, 4.69) is 279 Å². The fourth-order valence-corrected chi connectivity index (χ4v) is 15.8.